The maximum Gasteiger partial charge on any atom is 0.245 e. The number of benzene rings is 2. The van der Waals surface area contributed by atoms with Gasteiger partial charge in [-0.05, 0) is 48.2 Å². The van der Waals surface area contributed by atoms with E-state index >= 15 is 0 Å². The molecule has 0 radical (unpaired) electrons. The minimum atomic E-state index is -3.77. The molecule has 0 aliphatic carbocycles. The van der Waals surface area contributed by atoms with Gasteiger partial charge in [-0.25, -0.2) is 8.42 Å². The van der Waals surface area contributed by atoms with Gasteiger partial charge < -0.3 is 0 Å². The van der Waals surface area contributed by atoms with Crippen molar-refractivity contribution in [2.45, 2.75) is 24.3 Å². The number of pyridine rings is 1. The number of aryl methyl sites for hydroxylation is 1. The molecule has 3 aromatic rings. The first-order chi connectivity index (χ1) is 13.0. The van der Waals surface area contributed by atoms with Crippen LogP contribution in [-0.4, -0.2) is 24.3 Å². The van der Waals surface area contributed by atoms with Crippen LogP contribution in [0.1, 0.15) is 28.3 Å². The summed E-state index contributed by atoms with van der Waals surface area (Å²) in [6, 6.07) is 16.1. The molecular formula is C21H19ClN2O2S. The van der Waals surface area contributed by atoms with Crippen molar-refractivity contribution in [3.8, 4) is 0 Å². The Morgan fingerprint density at radius 2 is 1.93 bits per heavy atom. The lowest BCUT2D eigenvalue weighted by molar-refractivity contribution is 0.343. The summed E-state index contributed by atoms with van der Waals surface area (Å²) < 4.78 is 28.5. The first kappa shape index (κ1) is 18.2. The van der Waals surface area contributed by atoms with Crippen LogP contribution >= 0.6 is 11.6 Å². The van der Waals surface area contributed by atoms with Gasteiger partial charge in [0.05, 0.1) is 11.1 Å². The summed E-state index contributed by atoms with van der Waals surface area (Å²) in [6.07, 6.45) is 4.08. The fourth-order valence-electron chi connectivity index (χ4n) is 3.66. The van der Waals surface area contributed by atoms with Crippen molar-refractivity contribution in [2.75, 3.05) is 6.54 Å². The first-order valence-corrected chi connectivity index (χ1v) is 10.6. The van der Waals surface area contributed by atoms with Crippen LogP contribution in [0.15, 0.2) is 71.9 Å². The van der Waals surface area contributed by atoms with Gasteiger partial charge in [0.15, 0.2) is 0 Å². The molecule has 0 amide bonds. The Morgan fingerprint density at radius 1 is 1.11 bits per heavy atom. The van der Waals surface area contributed by atoms with E-state index in [2.05, 4.69) is 11.1 Å². The van der Waals surface area contributed by atoms with Crippen molar-refractivity contribution < 1.29 is 8.42 Å². The molecule has 0 spiro atoms. The van der Waals surface area contributed by atoms with Crippen molar-refractivity contribution in [1.29, 1.82) is 0 Å². The highest BCUT2D eigenvalue weighted by Gasteiger charge is 2.38. The molecule has 6 heteroatoms. The van der Waals surface area contributed by atoms with E-state index in [9.17, 15) is 8.42 Å². The molecule has 0 saturated heterocycles. The second kappa shape index (κ2) is 7.08. The molecule has 0 saturated carbocycles. The van der Waals surface area contributed by atoms with Crippen LogP contribution in [0.25, 0.3) is 0 Å². The van der Waals surface area contributed by atoms with Crippen LogP contribution in [0.5, 0.6) is 0 Å². The largest absolute Gasteiger partial charge is 0.264 e. The predicted octanol–water partition coefficient (Wildman–Crippen LogP) is 4.38. The van der Waals surface area contributed by atoms with Crippen molar-refractivity contribution in [3.05, 3.63) is 94.3 Å². The Hall–Kier alpha value is -2.21. The molecule has 4 nitrogen and oxygen atoms in total. The summed E-state index contributed by atoms with van der Waals surface area (Å²) >= 11 is 6.22. The topological polar surface area (TPSA) is 50.3 Å². The molecular weight excluding hydrogens is 380 g/mol. The Bertz CT molecular complexity index is 1080. The lowest BCUT2D eigenvalue weighted by Gasteiger charge is -2.36. The Morgan fingerprint density at radius 3 is 2.67 bits per heavy atom. The van der Waals surface area contributed by atoms with Crippen LogP contribution in [-0.2, 0) is 16.4 Å². The molecule has 1 aromatic heterocycles. The maximum atomic E-state index is 13.5. The fourth-order valence-corrected chi connectivity index (χ4v) is 5.75. The molecule has 2 heterocycles. The van der Waals surface area contributed by atoms with E-state index in [1.165, 1.54) is 11.1 Å². The molecule has 0 fully saturated rings. The number of rotatable bonds is 3. The van der Waals surface area contributed by atoms with Crippen molar-refractivity contribution in [3.63, 3.8) is 0 Å². The monoisotopic (exact) mass is 398 g/mol. The molecule has 4 rings (SSSR count). The van der Waals surface area contributed by atoms with Crippen molar-refractivity contribution >= 4 is 21.6 Å². The van der Waals surface area contributed by atoms with Gasteiger partial charge in [-0.2, -0.15) is 4.31 Å². The third-order valence-corrected chi connectivity index (χ3v) is 7.27. The zero-order valence-corrected chi connectivity index (χ0v) is 16.4. The fraction of sp³-hybridized carbons (Fsp3) is 0.190. The molecule has 27 heavy (non-hydrogen) atoms. The number of sulfonamides is 1. The highest BCUT2D eigenvalue weighted by Crippen LogP contribution is 2.39. The average molecular weight is 399 g/mol. The maximum absolute atomic E-state index is 13.5. The van der Waals surface area contributed by atoms with Crippen molar-refractivity contribution in [2.24, 2.45) is 0 Å². The number of hydrogen-bond acceptors (Lipinski definition) is 3. The van der Waals surface area contributed by atoms with Gasteiger partial charge in [0.1, 0.15) is 4.90 Å². The number of nitrogens with zero attached hydrogens (tertiary/aromatic N) is 2. The van der Waals surface area contributed by atoms with Crippen LogP contribution in [0.2, 0.25) is 5.02 Å². The minimum Gasteiger partial charge on any atom is -0.264 e. The van der Waals surface area contributed by atoms with E-state index in [-0.39, 0.29) is 9.92 Å². The third kappa shape index (κ3) is 3.27. The smallest absolute Gasteiger partial charge is 0.245 e. The summed E-state index contributed by atoms with van der Waals surface area (Å²) in [6.45, 7) is 2.44. The molecule has 138 valence electrons. The van der Waals surface area contributed by atoms with E-state index < -0.39 is 16.1 Å². The normalized spacial score (nSPS) is 17.5. The highest BCUT2D eigenvalue weighted by molar-refractivity contribution is 7.89. The Kier molecular flexibility index (Phi) is 4.76. The summed E-state index contributed by atoms with van der Waals surface area (Å²) in [5.74, 6) is 0. The quantitative estimate of drug-likeness (QED) is 0.657. The molecule has 1 aliphatic rings. The number of aromatic nitrogens is 1. The standard InChI is InChI=1S/C21H19ClN2O2S/c1-15-8-9-18-16(13-15)10-12-24(21(18)17-5-4-11-23-14-17)27(25,26)20-7-3-2-6-19(20)22/h2-9,11,13-14,21H,10,12H2,1H3. The molecule has 2 aromatic carbocycles. The highest BCUT2D eigenvalue weighted by atomic mass is 35.5. The number of hydrogen-bond donors (Lipinski definition) is 0. The first-order valence-electron chi connectivity index (χ1n) is 8.74. The molecule has 0 N–H and O–H groups in total. The van der Waals surface area contributed by atoms with Crippen LogP contribution in [0.4, 0.5) is 0 Å². The van der Waals surface area contributed by atoms with Crippen molar-refractivity contribution in [1.82, 2.24) is 9.29 Å². The summed E-state index contributed by atoms with van der Waals surface area (Å²) in [5.41, 5.74) is 4.18. The number of fused-ring (bicyclic) bond motifs is 1. The Labute approximate surface area is 164 Å². The summed E-state index contributed by atoms with van der Waals surface area (Å²) in [4.78, 5) is 4.34. The predicted molar refractivity (Wildman–Crippen MR) is 106 cm³/mol. The third-order valence-electron chi connectivity index (χ3n) is 4.91. The van der Waals surface area contributed by atoms with Gasteiger partial charge >= 0.3 is 0 Å². The minimum absolute atomic E-state index is 0.135. The van der Waals surface area contributed by atoms with Gasteiger partial charge in [0.25, 0.3) is 0 Å². The van der Waals surface area contributed by atoms with E-state index in [4.69, 9.17) is 11.6 Å². The van der Waals surface area contributed by atoms with Crippen LogP contribution in [0, 0.1) is 6.92 Å². The molecule has 1 atom stereocenters. The van der Waals surface area contributed by atoms with E-state index in [1.807, 2.05) is 31.2 Å². The summed E-state index contributed by atoms with van der Waals surface area (Å²) in [5, 5.41) is 0.233. The van der Waals surface area contributed by atoms with E-state index in [0.717, 1.165) is 11.1 Å². The zero-order valence-electron chi connectivity index (χ0n) is 14.8. The van der Waals surface area contributed by atoms with Gasteiger partial charge in [0, 0.05) is 18.9 Å². The lowest BCUT2D eigenvalue weighted by atomic mass is 9.89. The SMILES string of the molecule is Cc1ccc2c(c1)CCN(S(=O)(=O)c1ccccc1Cl)C2c1cccnc1. The lowest BCUT2D eigenvalue weighted by Crippen LogP contribution is -2.40. The number of halogens is 1. The molecule has 0 bridgehead atoms. The molecule has 1 aliphatic heterocycles. The van der Waals surface area contributed by atoms with E-state index in [0.29, 0.717) is 13.0 Å². The van der Waals surface area contributed by atoms with Gasteiger partial charge in [-0.3, -0.25) is 4.98 Å². The van der Waals surface area contributed by atoms with Crippen LogP contribution < -0.4 is 0 Å². The van der Waals surface area contributed by atoms with Gasteiger partial charge in [-0.1, -0.05) is 53.6 Å². The second-order valence-electron chi connectivity index (χ2n) is 6.69. The second-order valence-corrected chi connectivity index (χ2v) is 8.95. The van der Waals surface area contributed by atoms with E-state index in [1.54, 1.807) is 41.0 Å². The van der Waals surface area contributed by atoms with Gasteiger partial charge in [0.2, 0.25) is 10.0 Å². The Balaban J connectivity index is 1.90. The zero-order chi connectivity index (χ0) is 19.0. The summed E-state index contributed by atoms with van der Waals surface area (Å²) in [7, 11) is -3.77. The molecule has 1 unspecified atom stereocenters. The average Bonchev–Trinajstić information content (AvgIpc) is 2.67. The van der Waals surface area contributed by atoms with Crippen LogP contribution in [0.3, 0.4) is 0 Å². The van der Waals surface area contributed by atoms with Gasteiger partial charge in [-0.15, -0.1) is 0 Å².